The summed E-state index contributed by atoms with van der Waals surface area (Å²) < 4.78 is 34.0. The van der Waals surface area contributed by atoms with Gasteiger partial charge in [0.1, 0.15) is 5.69 Å². The van der Waals surface area contributed by atoms with Gasteiger partial charge in [0, 0.05) is 22.7 Å². The van der Waals surface area contributed by atoms with Gasteiger partial charge in [-0.1, -0.05) is 22.9 Å². The van der Waals surface area contributed by atoms with Crippen LogP contribution in [0.3, 0.4) is 0 Å². The average Bonchev–Trinajstić information content (AvgIpc) is 3.24. The Hall–Kier alpha value is -3.73. The normalized spacial score (nSPS) is 12.8. The van der Waals surface area contributed by atoms with Crippen molar-refractivity contribution in [2.75, 3.05) is 19.4 Å². The van der Waals surface area contributed by atoms with Gasteiger partial charge in [0.25, 0.3) is 5.91 Å². The minimum Gasteiger partial charge on any atom is -0.494 e. The number of amides is 1. The lowest BCUT2D eigenvalue weighted by Gasteiger charge is -2.16. The molecule has 1 amide bonds. The van der Waals surface area contributed by atoms with Crippen molar-refractivity contribution in [2.24, 2.45) is 5.41 Å². The number of rotatable bonds is 7. The van der Waals surface area contributed by atoms with Gasteiger partial charge in [0.2, 0.25) is 0 Å². The summed E-state index contributed by atoms with van der Waals surface area (Å²) >= 11 is 5.96. The summed E-state index contributed by atoms with van der Waals surface area (Å²) in [6.07, 6.45) is 1.58. The first kappa shape index (κ1) is 19.9. The number of carbonyl (C=O) groups is 2. The van der Waals surface area contributed by atoms with E-state index in [2.05, 4.69) is 25.8 Å². The molecule has 0 saturated carbocycles. The molecule has 0 aliphatic carbocycles. The SMILES string of the molecule is [2H]C([2H])([2H])NC(=O)c1nnc(Cl)cc1Nc1cccc(-c2cn(COC(=O)C(C)(C)C)nn2)c1OC. The van der Waals surface area contributed by atoms with Crippen LogP contribution in [-0.2, 0) is 16.3 Å². The molecule has 2 aromatic heterocycles. The summed E-state index contributed by atoms with van der Waals surface area (Å²) in [7, 11) is 1.44. The fourth-order valence-electron chi connectivity index (χ4n) is 2.72. The van der Waals surface area contributed by atoms with Crippen LogP contribution in [0.4, 0.5) is 11.4 Å². The number of esters is 1. The lowest BCUT2D eigenvalue weighted by molar-refractivity contribution is -0.157. The number of hydrogen-bond acceptors (Lipinski definition) is 9. The van der Waals surface area contributed by atoms with Crippen LogP contribution in [0.5, 0.6) is 5.75 Å². The Balaban J connectivity index is 1.90. The quantitative estimate of drug-likeness (QED) is 0.493. The molecule has 11 nitrogen and oxygen atoms in total. The van der Waals surface area contributed by atoms with Crippen molar-refractivity contribution in [1.82, 2.24) is 30.5 Å². The van der Waals surface area contributed by atoms with Crippen molar-refractivity contribution in [2.45, 2.75) is 27.5 Å². The van der Waals surface area contributed by atoms with Crippen molar-refractivity contribution in [3.8, 4) is 17.0 Å². The van der Waals surface area contributed by atoms with E-state index >= 15 is 0 Å². The molecule has 3 aromatic rings. The third-order valence-electron chi connectivity index (χ3n) is 4.34. The van der Waals surface area contributed by atoms with Gasteiger partial charge in [-0.15, -0.1) is 15.3 Å². The van der Waals surface area contributed by atoms with Crippen LogP contribution in [0.1, 0.15) is 35.4 Å². The van der Waals surface area contributed by atoms with Crippen molar-refractivity contribution in [3.05, 3.63) is 41.3 Å². The van der Waals surface area contributed by atoms with E-state index in [9.17, 15) is 9.59 Å². The number of nitrogens with one attached hydrogen (secondary N) is 2. The predicted molar refractivity (Wildman–Crippen MR) is 121 cm³/mol. The van der Waals surface area contributed by atoms with E-state index in [0.29, 0.717) is 22.7 Å². The van der Waals surface area contributed by atoms with Crippen LogP contribution in [-0.4, -0.2) is 51.2 Å². The number of benzene rings is 1. The zero-order valence-corrected chi connectivity index (χ0v) is 19.1. The Bertz CT molecular complexity index is 1280. The number of carbonyl (C=O) groups excluding carboxylic acids is 2. The molecule has 0 bridgehead atoms. The van der Waals surface area contributed by atoms with Crippen LogP contribution in [0.15, 0.2) is 30.5 Å². The van der Waals surface area contributed by atoms with Gasteiger partial charge < -0.3 is 20.1 Å². The van der Waals surface area contributed by atoms with E-state index in [1.165, 1.54) is 17.9 Å². The van der Waals surface area contributed by atoms with Crippen LogP contribution >= 0.6 is 11.6 Å². The molecule has 0 radical (unpaired) electrons. The monoisotopic (exact) mass is 476 g/mol. The Morgan fingerprint density at radius 3 is 2.70 bits per heavy atom. The zero-order valence-electron chi connectivity index (χ0n) is 21.3. The van der Waals surface area contributed by atoms with E-state index < -0.39 is 18.3 Å². The first-order valence-corrected chi connectivity index (χ1v) is 10.0. The maximum atomic E-state index is 12.5. The van der Waals surface area contributed by atoms with Crippen molar-refractivity contribution in [3.63, 3.8) is 0 Å². The molecule has 0 spiro atoms. The average molecular weight is 477 g/mol. The summed E-state index contributed by atoms with van der Waals surface area (Å²) in [4.78, 5) is 24.5. The van der Waals surface area contributed by atoms with Gasteiger partial charge in [-0.2, -0.15) is 0 Å². The predicted octanol–water partition coefficient (Wildman–Crippen LogP) is 3.05. The van der Waals surface area contributed by atoms with Gasteiger partial charge in [-0.05, 0) is 32.9 Å². The largest absolute Gasteiger partial charge is 0.494 e. The Morgan fingerprint density at radius 2 is 2.00 bits per heavy atom. The Kier molecular flexibility index (Phi) is 5.93. The van der Waals surface area contributed by atoms with E-state index in [4.69, 9.17) is 25.2 Å². The second-order valence-electron chi connectivity index (χ2n) is 7.85. The molecule has 0 unspecified atom stereocenters. The summed E-state index contributed by atoms with van der Waals surface area (Å²) in [6.45, 7) is 2.40. The number of nitrogens with zero attached hydrogens (tertiary/aromatic N) is 5. The Morgan fingerprint density at radius 1 is 1.21 bits per heavy atom. The zero-order chi connectivity index (χ0) is 26.7. The molecule has 0 saturated heterocycles. The summed E-state index contributed by atoms with van der Waals surface area (Å²) in [5, 5.41) is 20.3. The topological polar surface area (TPSA) is 133 Å². The molecular weight excluding hydrogens is 450 g/mol. The summed E-state index contributed by atoms with van der Waals surface area (Å²) in [5.74, 6) is -1.01. The number of hydrogen-bond donors (Lipinski definition) is 2. The van der Waals surface area contributed by atoms with Crippen LogP contribution < -0.4 is 15.4 Å². The van der Waals surface area contributed by atoms with Gasteiger partial charge >= 0.3 is 5.97 Å². The maximum absolute atomic E-state index is 12.5. The summed E-state index contributed by atoms with van der Waals surface area (Å²) in [6, 6.07) is 6.43. The second kappa shape index (κ2) is 9.82. The van der Waals surface area contributed by atoms with E-state index in [-0.39, 0.29) is 29.2 Å². The maximum Gasteiger partial charge on any atom is 0.313 e. The standard InChI is InChI=1S/C21H24ClN7O4/c1-21(2,3)20(31)33-11-29-10-15(25-28-29)12-7-6-8-13(18(12)32-5)24-14-9-16(22)26-27-17(14)19(30)23-4/h6-10H,11H2,1-5H3,(H,23,30)(H,24,26)/i4D3. The third-order valence-corrected chi connectivity index (χ3v) is 4.52. The fraction of sp³-hybridized carbons (Fsp3) is 0.333. The molecule has 2 heterocycles. The number of para-hydroxylation sites is 1. The smallest absolute Gasteiger partial charge is 0.313 e. The number of ether oxygens (including phenoxy) is 2. The van der Waals surface area contributed by atoms with Gasteiger partial charge in [0.15, 0.2) is 23.3 Å². The Labute approximate surface area is 199 Å². The molecule has 2 N–H and O–H groups in total. The third kappa shape index (κ3) is 5.55. The molecule has 0 atom stereocenters. The van der Waals surface area contributed by atoms with Crippen LogP contribution in [0.2, 0.25) is 5.15 Å². The molecule has 3 rings (SSSR count). The first-order chi connectivity index (χ1) is 16.8. The van der Waals surface area contributed by atoms with Gasteiger partial charge in [-0.25, -0.2) is 4.68 Å². The van der Waals surface area contributed by atoms with E-state index in [1.54, 1.807) is 45.2 Å². The van der Waals surface area contributed by atoms with Crippen LogP contribution in [0, 0.1) is 5.41 Å². The highest BCUT2D eigenvalue weighted by Crippen LogP contribution is 2.37. The van der Waals surface area contributed by atoms with Crippen molar-refractivity contribution in [1.29, 1.82) is 0 Å². The van der Waals surface area contributed by atoms with Crippen LogP contribution in [0.25, 0.3) is 11.3 Å². The highest BCUT2D eigenvalue weighted by Gasteiger charge is 2.23. The van der Waals surface area contributed by atoms with Gasteiger partial charge in [0.05, 0.1) is 30.1 Å². The summed E-state index contributed by atoms with van der Waals surface area (Å²) in [5.41, 5.74) is 0.526. The second-order valence-corrected chi connectivity index (χ2v) is 8.24. The molecule has 0 aliphatic heterocycles. The van der Waals surface area contributed by atoms with Crippen molar-refractivity contribution >= 4 is 34.9 Å². The number of anilines is 2. The minimum atomic E-state index is -2.72. The van der Waals surface area contributed by atoms with Gasteiger partial charge in [-0.3, -0.25) is 9.59 Å². The molecule has 1 aromatic carbocycles. The lowest BCUT2D eigenvalue weighted by Crippen LogP contribution is -2.24. The minimum absolute atomic E-state index is 0.0224. The highest BCUT2D eigenvalue weighted by molar-refractivity contribution is 6.29. The van der Waals surface area contributed by atoms with E-state index in [0.717, 1.165) is 0 Å². The number of methoxy groups -OCH3 is 1. The fourth-order valence-corrected chi connectivity index (χ4v) is 2.87. The number of aromatic nitrogens is 5. The lowest BCUT2D eigenvalue weighted by atomic mass is 9.98. The molecule has 33 heavy (non-hydrogen) atoms. The van der Waals surface area contributed by atoms with Crippen molar-refractivity contribution < 1.29 is 23.2 Å². The molecule has 174 valence electrons. The molecule has 0 fully saturated rings. The first-order valence-electron chi connectivity index (χ1n) is 11.2. The number of halogens is 1. The highest BCUT2D eigenvalue weighted by atomic mass is 35.5. The molecule has 0 aliphatic rings. The molecule has 12 heteroatoms. The molecular formula is C21H24ClN7O4. The van der Waals surface area contributed by atoms with E-state index in [1.807, 2.05) is 5.32 Å².